The van der Waals surface area contributed by atoms with Crippen LogP contribution in [-0.4, -0.2) is 56.0 Å². The summed E-state index contributed by atoms with van der Waals surface area (Å²) < 4.78 is 27.6. The summed E-state index contributed by atoms with van der Waals surface area (Å²) >= 11 is 0. The van der Waals surface area contributed by atoms with Gasteiger partial charge in [0.05, 0.1) is 11.3 Å². The lowest BCUT2D eigenvalue weighted by molar-refractivity contribution is 0.0948. The number of rotatable bonds is 6. The average Bonchev–Trinajstić information content (AvgIpc) is 2.69. The number of piperazine rings is 1. The van der Waals surface area contributed by atoms with Gasteiger partial charge < -0.3 is 16.0 Å². The minimum Gasteiger partial charge on any atom is -0.351 e. The van der Waals surface area contributed by atoms with Gasteiger partial charge in [-0.2, -0.15) is 0 Å². The fourth-order valence-corrected chi connectivity index (χ4v) is 3.05. The number of hydrogen-bond acceptors (Lipinski definition) is 4. The molecule has 1 saturated heterocycles. The first-order valence-electron chi connectivity index (χ1n) is 9.12. The van der Waals surface area contributed by atoms with Crippen molar-refractivity contribution in [2.75, 3.05) is 44.6 Å². The second kappa shape index (κ2) is 9.38. The third-order valence-corrected chi connectivity index (χ3v) is 4.53. The number of para-hydroxylation sites is 1. The molecule has 1 aliphatic rings. The summed E-state index contributed by atoms with van der Waals surface area (Å²) in [7, 11) is 0. The highest BCUT2D eigenvalue weighted by Crippen LogP contribution is 2.18. The van der Waals surface area contributed by atoms with E-state index in [4.69, 9.17) is 0 Å². The summed E-state index contributed by atoms with van der Waals surface area (Å²) in [6.07, 6.45) is 0. The number of hydrogen-bond donors (Lipinski definition) is 3. The quantitative estimate of drug-likeness (QED) is 0.706. The van der Waals surface area contributed by atoms with Crippen molar-refractivity contribution in [2.45, 2.75) is 0 Å². The molecule has 6 nitrogen and oxygen atoms in total. The van der Waals surface area contributed by atoms with Crippen molar-refractivity contribution in [3.63, 3.8) is 0 Å². The lowest BCUT2D eigenvalue weighted by Crippen LogP contribution is -2.46. The van der Waals surface area contributed by atoms with Crippen LogP contribution in [0.5, 0.6) is 0 Å². The molecule has 0 radical (unpaired) electrons. The number of nitrogens with zero attached hydrogens (tertiary/aromatic N) is 1. The van der Waals surface area contributed by atoms with E-state index >= 15 is 0 Å². The monoisotopic (exact) mass is 388 g/mol. The van der Waals surface area contributed by atoms with Gasteiger partial charge in [-0.05, 0) is 24.3 Å². The average molecular weight is 388 g/mol. The maximum absolute atomic E-state index is 13.8. The second-order valence-electron chi connectivity index (χ2n) is 6.44. The first-order chi connectivity index (χ1) is 13.6. The molecule has 0 atom stereocenters. The molecule has 2 aromatic carbocycles. The number of halogens is 2. The Morgan fingerprint density at radius 1 is 0.964 bits per heavy atom. The van der Waals surface area contributed by atoms with Crippen molar-refractivity contribution in [1.29, 1.82) is 0 Å². The van der Waals surface area contributed by atoms with E-state index in [0.29, 0.717) is 6.54 Å². The van der Waals surface area contributed by atoms with Crippen LogP contribution in [0.4, 0.5) is 14.5 Å². The van der Waals surface area contributed by atoms with Crippen LogP contribution in [0.25, 0.3) is 0 Å². The second-order valence-corrected chi connectivity index (χ2v) is 6.44. The molecule has 1 aliphatic heterocycles. The summed E-state index contributed by atoms with van der Waals surface area (Å²) in [5.41, 5.74) is -0.265. The Morgan fingerprint density at radius 2 is 1.64 bits per heavy atom. The summed E-state index contributed by atoms with van der Waals surface area (Å²) in [5, 5.41) is 8.52. The maximum Gasteiger partial charge on any atom is 0.261 e. The topological polar surface area (TPSA) is 73.5 Å². The number of benzene rings is 2. The number of anilines is 1. The smallest absolute Gasteiger partial charge is 0.261 e. The van der Waals surface area contributed by atoms with Crippen molar-refractivity contribution in [3.05, 3.63) is 65.2 Å². The van der Waals surface area contributed by atoms with Crippen LogP contribution in [0.15, 0.2) is 42.5 Å². The zero-order valence-electron chi connectivity index (χ0n) is 15.3. The maximum atomic E-state index is 13.8. The van der Waals surface area contributed by atoms with Gasteiger partial charge in [0, 0.05) is 39.3 Å². The van der Waals surface area contributed by atoms with Crippen LogP contribution in [0.1, 0.15) is 20.7 Å². The number of amides is 2. The molecular weight excluding hydrogens is 366 g/mol. The Labute approximate surface area is 161 Å². The van der Waals surface area contributed by atoms with E-state index in [2.05, 4.69) is 20.9 Å². The Hall–Kier alpha value is -2.84. The highest BCUT2D eigenvalue weighted by Gasteiger charge is 2.19. The molecule has 8 heteroatoms. The van der Waals surface area contributed by atoms with Gasteiger partial charge in [-0.15, -0.1) is 0 Å². The van der Waals surface area contributed by atoms with Gasteiger partial charge in [0.15, 0.2) is 0 Å². The summed E-state index contributed by atoms with van der Waals surface area (Å²) in [6.45, 7) is 4.89. The SMILES string of the molecule is O=C(NCCN1CCNCC1)c1ccccc1NC(=O)c1c(F)cccc1F. The first-order valence-corrected chi connectivity index (χ1v) is 9.12. The van der Waals surface area contributed by atoms with Gasteiger partial charge in [0.2, 0.25) is 0 Å². The molecular formula is C20H22F2N4O2. The van der Waals surface area contributed by atoms with Gasteiger partial charge in [-0.1, -0.05) is 18.2 Å². The number of carbonyl (C=O) groups excluding carboxylic acids is 2. The van der Waals surface area contributed by atoms with E-state index in [1.54, 1.807) is 18.2 Å². The summed E-state index contributed by atoms with van der Waals surface area (Å²) in [5.74, 6) is -3.23. The standard InChI is InChI=1S/C20H22F2N4O2/c21-15-5-3-6-16(22)18(15)20(28)25-17-7-2-1-4-14(17)19(27)24-10-13-26-11-8-23-9-12-26/h1-7,23H,8-13H2,(H,24,27)(H,25,28). The predicted octanol–water partition coefficient (Wildman–Crippen LogP) is 1.85. The molecule has 1 fully saturated rings. The molecule has 0 unspecified atom stereocenters. The van der Waals surface area contributed by atoms with Gasteiger partial charge in [-0.3, -0.25) is 14.5 Å². The molecule has 3 rings (SSSR count). The lowest BCUT2D eigenvalue weighted by atomic mass is 10.1. The number of nitrogens with one attached hydrogen (secondary N) is 3. The third kappa shape index (κ3) is 4.90. The third-order valence-electron chi connectivity index (χ3n) is 4.53. The van der Waals surface area contributed by atoms with Crippen LogP contribution >= 0.6 is 0 Å². The molecule has 148 valence electrons. The van der Waals surface area contributed by atoms with Crippen LogP contribution in [0.2, 0.25) is 0 Å². The van der Waals surface area contributed by atoms with Gasteiger partial charge in [0.25, 0.3) is 11.8 Å². The van der Waals surface area contributed by atoms with Crippen LogP contribution in [0.3, 0.4) is 0 Å². The van der Waals surface area contributed by atoms with E-state index < -0.39 is 23.1 Å². The Kier molecular flexibility index (Phi) is 6.67. The Balaban J connectivity index is 1.65. The van der Waals surface area contributed by atoms with Gasteiger partial charge in [0.1, 0.15) is 17.2 Å². The molecule has 0 aromatic heterocycles. The minimum absolute atomic E-state index is 0.190. The molecule has 2 amide bonds. The van der Waals surface area contributed by atoms with E-state index in [0.717, 1.165) is 44.9 Å². The Bertz CT molecular complexity index is 834. The lowest BCUT2D eigenvalue weighted by Gasteiger charge is -2.27. The number of carbonyl (C=O) groups is 2. The molecule has 0 aliphatic carbocycles. The molecule has 2 aromatic rings. The van der Waals surface area contributed by atoms with Crippen molar-refractivity contribution < 1.29 is 18.4 Å². The highest BCUT2D eigenvalue weighted by molar-refractivity contribution is 6.09. The minimum atomic E-state index is -0.963. The molecule has 0 spiro atoms. The van der Waals surface area contributed by atoms with Gasteiger partial charge >= 0.3 is 0 Å². The fraction of sp³-hybridized carbons (Fsp3) is 0.300. The summed E-state index contributed by atoms with van der Waals surface area (Å²) in [4.78, 5) is 27.1. The van der Waals surface area contributed by atoms with Crippen LogP contribution in [-0.2, 0) is 0 Å². The van der Waals surface area contributed by atoms with E-state index in [1.807, 2.05) is 0 Å². The predicted molar refractivity (Wildman–Crippen MR) is 102 cm³/mol. The van der Waals surface area contributed by atoms with E-state index in [9.17, 15) is 18.4 Å². The van der Waals surface area contributed by atoms with E-state index in [1.165, 1.54) is 12.1 Å². The van der Waals surface area contributed by atoms with Crippen molar-refractivity contribution in [3.8, 4) is 0 Å². The van der Waals surface area contributed by atoms with Crippen molar-refractivity contribution in [1.82, 2.24) is 15.5 Å². The van der Waals surface area contributed by atoms with E-state index in [-0.39, 0.29) is 17.2 Å². The largest absolute Gasteiger partial charge is 0.351 e. The zero-order chi connectivity index (χ0) is 19.9. The molecule has 28 heavy (non-hydrogen) atoms. The molecule has 1 heterocycles. The van der Waals surface area contributed by atoms with Crippen molar-refractivity contribution in [2.24, 2.45) is 0 Å². The summed E-state index contributed by atoms with van der Waals surface area (Å²) in [6, 6.07) is 9.55. The zero-order valence-corrected chi connectivity index (χ0v) is 15.3. The Morgan fingerprint density at radius 3 is 2.36 bits per heavy atom. The van der Waals surface area contributed by atoms with Crippen LogP contribution < -0.4 is 16.0 Å². The van der Waals surface area contributed by atoms with Crippen molar-refractivity contribution >= 4 is 17.5 Å². The first kappa shape index (κ1) is 19.9. The van der Waals surface area contributed by atoms with Crippen LogP contribution in [0, 0.1) is 11.6 Å². The molecule has 0 bridgehead atoms. The highest BCUT2D eigenvalue weighted by atomic mass is 19.1. The normalized spacial score (nSPS) is 14.5. The van der Waals surface area contributed by atoms with Gasteiger partial charge in [-0.25, -0.2) is 8.78 Å². The molecule has 0 saturated carbocycles. The molecule has 3 N–H and O–H groups in total. The fourth-order valence-electron chi connectivity index (χ4n) is 3.05.